The van der Waals surface area contributed by atoms with Gasteiger partial charge in [0.2, 0.25) is 10.0 Å². The van der Waals surface area contributed by atoms with Crippen LogP contribution < -0.4 is 4.74 Å². The number of hydrogen-bond donors (Lipinski definition) is 0. The van der Waals surface area contributed by atoms with Gasteiger partial charge < -0.3 is 14.4 Å². The van der Waals surface area contributed by atoms with E-state index in [0.29, 0.717) is 49.2 Å². The van der Waals surface area contributed by atoms with Crippen molar-refractivity contribution in [1.29, 1.82) is 0 Å². The summed E-state index contributed by atoms with van der Waals surface area (Å²) in [6.45, 7) is 9.14. The van der Waals surface area contributed by atoms with Crippen LogP contribution in [-0.2, 0) is 35.7 Å². The van der Waals surface area contributed by atoms with E-state index in [1.807, 2.05) is 38.1 Å². The van der Waals surface area contributed by atoms with Crippen LogP contribution in [-0.4, -0.2) is 125 Å². The first kappa shape index (κ1) is 41.7. The lowest BCUT2D eigenvalue weighted by Gasteiger charge is -2.47. The van der Waals surface area contributed by atoms with Crippen molar-refractivity contribution < 1.29 is 31.1 Å². The van der Waals surface area contributed by atoms with Gasteiger partial charge in [-0.15, -0.1) is 0 Å². The number of urea groups is 1. The first-order valence-corrected chi connectivity index (χ1v) is 22.8. The molecule has 3 heterocycles. The van der Waals surface area contributed by atoms with E-state index in [4.69, 9.17) is 49.3 Å². The summed E-state index contributed by atoms with van der Waals surface area (Å²) in [6.07, 6.45) is 1.73. The van der Waals surface area contributed by atoms with Crippen molar-refractivity contribution in [3.63, 3.8) is 0 Å². The predicted molar refractivity (Wildman–Crippen MR) is 216 cm³/mol. The van der Waals surface area contributed by atoms with Crippen LogP contribution in [0.3, 0.4) is 0 Å². The summed E-state index contributed by atoms with van der Waals surface area (Å²) < 4.78 is 64.8. The normalized spacial score (nSPS) is 22.9. The minimum Gasteiger partial charge on any atom is -0.493 e. The number of morpholine rings is 1. The van der Waals surface area contributed by atoms with Gasteiger partial charge >= 0.3 is 6.03 Å². The summed E-state index contributed by atoms with van der Waals surface area (Å²) >= 11 is 19.6. The Bertz CT molecular complexity index is 2140. The second kappa shape index (κ2) is 16.5. The highest BCUT2D eigenvalue weighted by atomic mass is 35.5. The van der Waals surface area contributed by atoms with Crippen LogP contribution >= 0.6 is 34.8 Å². The Morgan fingerprint density at radius 2 is 1.44 bits per heavy atom. The third-order valence-corrected chi connectivity index (χ3v) is 14.6. The van der Waals surface area contributed by atoms with E-state index < -0.39 is 30.9 Å². The summed E-state index contributed by atoms with van der Waals surface area (Å²) in [4.78, 5) is 26.2. The van der Waals surface area contributed by atoms with E-state index in [1.54, 1.807) is 41.0 Å². The Morgan fingerprint density at radius 1 is 0.855 bits per heavy atom. The number of ether oxygens (including phenoxy) is 2. The van der Waals surface area contributed by atoms with Crippen LogP contribution in [0.25, 0.3) is 0 Å². The number of benzene rings is 3. The molecule has 0 aliphatic carbocycles. The number of sulfonamides is 1. The van der Waals surface area contributed by atoms with Gasteiger partial charge in [0.05, 0.1) is 36.2 Å². The van der Waals surface area contributed by atoms with Gasteiger partial charge in [-0.05, 0) is 75.2 Å². The molecule has 55 heavy (non-hydrogen) atoms. The Hall–Kier alpha value is -2.95. The second-order valence-electron chi connectivity index (χ2n) is 14.3. The predicted octanol–water partition coefficient (Wildman–Crippen LogP) is 6.13. The zero-order chi connectivity index (χ0) is 39.8. The Morgan fingerprint density at radius 3 is 2.00 bits per heavy atom. The number of carbonyl (C=O) groups excluding carboxylic acids is 1. The van der Waals surface area contributed by atoms with Crippen LogP contribution in [0, 0.1) is 0 Å². The Labute approximate surface area is 338 Å². The fourth-order valence-corrected chi connectivity index (χ4v) is 10.4. The number of hydrogen-bond acceptors (Lipinski definition) is 9. The average molecular weight is 855 g/mol. The van der Waals surface area contributed by atoms with Gasteiger partial charge in [-0.2, -0.15) is 4.31 Å². The van der Waals surface area contributed by atoms with Gasteiger partial charge in [-0.3, -0.25) is 14.8 Å². The first-order valence-electron chi connectivity index (χ1n) is 18.2. The average Bonchev–Trinajstić information content (AvgIpc) is 3.39. The zero-order valence-electron chi connectivity index (χ0n) is 31.3. The smallest absolute Gasteiger partial charge is 0.326 e. The number of nitrogens with zero attached hydrogens (tertiary/aromatic N) is 5. The van der Waals surface area contributed by atoms with E-state index in [9.17, 15) is 16.8 Å². The lowest BCUT2D eigenvalue weighted by molar-refractivity contribution is 0.0730. The van der Waals surface area contributed by atoms with Crippen molar-refractivity contribution in [3.8, 4) is 5.75 Å². The molecule has 0 N–H and O–H groups in total. The van der Waals surface area contributed by atoms with E-state index in [1.165, 1.54) is 22.7 Å². The standard InChI is InChI=1S/C38H46Cl3N5O7S2/c1-5-53-33-26-32(41)34(55(50,51)45-20-22-52-23-21-45)25-31(33)35-42-37(2,27-7-11-29(39)12-8-27)38(3,28-9-13-30(40)14-10-28)46(35)36(47)44-18-16-43(17-19-44)15-6-24-54(4,48)49/h7-14,25-26H,5-6,15-24H2,1-4H3. The van der Waals surface area contributed by atoms with Crippen molar-refractivity contribution >= 4 is 66.5 Å². The highest BCUT2D eigenvalue weighted by molar-refractivity contribution is 7.90. The maximum absolute atomic E-state index is 15.3. The molecule has 0 bridgehead atoms. The second-order valence-corrected chi connectivity index (χ2v) is 19.7. The number of sulfone groups is 1. The van der Waals surface area contributed by atoms with Gasteiger partial charge in [0.25, 0.3) is 0 Å². The quantitative estimate of drug-likeness (QED) is 0.226. The molecule has 17 heteroatoms. The zero-order valence-corrected chi connectivity index (χ0v) is 35.2. The number of piperazine rings is 1. The SMILES string of the molecule is CCOc1cc(Cl)c(S(=O)(=O)N2CCOCC2)cc1C1=NC(C)(c2ccc(Cl)cc2)C(C)(c2ccc(Cl)cc2)N1C(=O)N1CCN(CCCS(C)(=O)=O)CC1. The van der Waals surface area contributed by atoms with E-state index in [2.05, 4.69) is 4.90 Å². The maximum atomic E-state index is 15.3. The van der Waals surface area contributed by atoms with Crippen molar-refractivity contribution in [2.45, 2.75) is 43.2 Å². The minimum atomic E-state index is -4.10. The third kappa shape index (κ3) is 8.38. The number of amidine groups is 1. The molecule has 2 amide bonds. The largest absolute Gasteiger partial charge is 0.493 e. The summed E-state index contributed by atoms with van der Waals surface area (Å²) in [7, 11) is -7.20. The molecule has 2 atom stereocenters. The van der Waals surface area contributed by atoms with Crippen LogP contribution in [0.4, 0.5) is 4.79 Å². The molecule has 6 rings (SSSR count). The summed E-state index contributed by atoms with van der Waals surface area (Å²) in [5.74, 6) is 0.558. The van der Waals surface area contributed by atoms with Crippen molar-refractivity contribution in [3.05, 3.63) is 92.4 Å². The van der Waals surface area contributed by atoms with Crippen molar-refractivity contribution in [2.75, 3.05) is 77.6 Å². The molecule has 2 unspecified atom stereocenters. The third-order valence-electron chi connectivity index (χ3n) is 10.7. The monoisotopic (exact) mass is 853 g/mol. The highest BCUT2D eigenvalue weighted by Crippen LogP contribution is 2.54. The molecular weight excluding hydrogens is 809 g/mol. The fraction of sp³-hybridized carbons (Fsp3) is 0.474. The van der Waals surface area contributed by atoms with Crippen molar-refractivity contribution in [1.82, 2.24) is 19.0 Å². The maximum Gasteiger partial charge on any atom is 0.326 e. The van der Waals surface area contributed by atoms with Crippen LogP contribution in [0.1, 0.15) is 43.9 Å². The Kier molecular flexibility index (Phi) is 12.5. The molecule has 2 saturated heterocycles. The molecular formula is C38H46Cl3N5O7S2. The fourth-order valence-electron chi connectivity index (χ4n) is 7.53. The summed E-state index contributed by atoms with van der Waals surface area (Å²) in [6, 6.07) is 17.2. The number of carbonyl (C=O) groups is 1. The van der Waals surface area contributed by atoms with Gasteiger partial charge in [-0.25, -0.2) is 21.6 Å². The topological polar surface area (TPSA) is 129 Å². The van der Waals surface area contributed by atoms with E-state index in [-0.39, 0.29) is 71.8 Å². The number of aliphatic imine (C=N–C) groups is 1. The van der Waals surface area contributed by atoms with E-state index >= 15 is 4.79 Å². The molecule has 298 valence electrons. The first-order chi connectivity index (χ1) is 26.0. The lowest BCUT2D eigenvalue weighted by atomic mass is 9.71. The molecule has 3 aliphatic heterocycles. The molecule has 0 aromatic heterocycles. The number of halogens is 3. The van der Waals surface area contributed by atoms with E-state index in [0.717, 1.165) is 11.1 Å². The van der Waals surface area contributed by atoms with Gasteiger partial charge in [0, 0.05) is 61.6 Å². The summed E-state index contributed by atoms with van der Waals surface area (Å²) in [5, 5.41) is 1.02. The van der Waals surface area contributed by atoms with Crippen molar-refractivity contribution in [2.24, 2.45) is 4.99 Å². The molecule has 0 saturated carbocycles. The van der Waals surface area contributed by atoms with Gasteiger partial charge in [0.15, 0.2) is 0 Å². The summed E-state index contributed by atoms with van der Waals surface area (Å²) in [5.41, 5.74) is -0.629. The number of amides is 2. The van der Waals surface area contributed by atoms with Gasteiger partial charge in [0.1, 0.15) is 37.4 Å². The molecule has 3 aromatic rings. The van der Waals surface area contributed by atoms with Crippen LogP contribution in [0.5, 0.6) is 5.75 Å². The molecule has 0 spiro atoms. The highest BCUT2D eigenvalue weighted by Gasteiger charge is 2.60. The van der Waals surface area contributed by atoms with Crippen LogP contribution in [0.15, 0.2) is 70.6 Å². The molecule has 2 fully saturated rings. The van der Waals surface area contributed by atoms with Crippen LogP contribution in [0.2, 0.25) is 15.1 Å². The Balaban J connectivity index is 1.53. The molecule has 0 radical (unpaired) electrons. The molecule has 12 nitrogen and oxygen atoms in total. The lowest BCUT2D eigenvalue weighted by Crippen LogP contribution is -2.60. The van der Waals surface area contributed by atoms with Gasteiger partial charge in [-0.1, -0.05) is 59.1 Å². The number of rotatable bonds is 11. The molecule has 3 aliphatic rings. The minimum absolute atomic E-state index is 0.0249. The molecule has 3 aromatic carbocycles.